The van der Waals surface area contributed by atoms with Crippen molar-refractivity contribution in [3.8, 4) is 0 Å². The van der Waals surface area contributed by atoms with Crippen molar-refractivity contribution in [1.29, 1.82) is 0 Å². The molecule has 1 heterocycles. The van der Waals surface area contributed by atoms with Crippen LogP contribution in [0, 0.1) is 0 Å². The summed E-state index contributed by atoms with van der Waals surface area (Å²) in [6.45, 7) is 3.69. The van der Waals surface area contributed by atoms with Crippen LogP contribution in [0.1, 0.15) is 12.5 Å². The van der Waals surface area contributed by atoms with Crippen LogP contribution < -0.4 is 11.2 Å². The van der Waals surface area contributed by atoms with Crippen LogP contribution in [0.2, 0.25) is 0 Å². The number of nitrogens with one attached hydrogen (secondary N) is 1. The summed E-state index contributed by atoms with van der Waals surface area (Å²) in [5, 5.41) is 4.93. The molecular formula is C12H19IN4. The van der Waals surface area contributed by atoms with Gasteiger partial charge in [0.1, 0.15) is 0 Å². The molecule has 0 saturated heterocycles. The quantitative estimate of drug-likeness (QED) is 0.494. The van der Waals surface area contributed by atoms with Gasteiger partial charge in [0, 0.05) is 12.6 Å². The van der Waals surface area contributed by atoms with Gasteiger partial charge in [0.25, 0.3) is 0 Å². The third-order valence-electron chi connectivity index (χ3n) is 2.65. The van der Waals surface area contributed by atoms with Crippen LogP contribution in [0.15, 0.2) is 35.3 Å². The second kappa shape index (κ2) is 6.80. The average molecular weight is 346 g/mol. The summed E-state index contributed by atoms with van der Waals surface area (Å²) in [5.74, 6) is 6.74. The van der Waals surface area contributed by atoms with E-state index < -0.39 is 0 Å². The Kier molecular flexibility index (Phi) is 5.70. The summed E-state index contributed by atoms with van der Waals surface area (Å²) in [6, 6.07) is 10.7. The Bertz CT molecular complexity index is 366. The minimum atomic E-state index is 0. The van der Waals surface area contributed by atoms with E-state index in [4.69, 9.17) is 5.84 Å². The van der Waals surface area contributed by atoms with Crippen molar-refractivity contribution < 1.29 is 0 Å². The van der Waals surface area contributed by atoms with Crippen molar-refractivity contribution in [2.75, 3.05) is 13.1 Å². The van der Waals surface area contributed by atoms with Gasteiger partial charge in [-0.3, -0.25) is 5.01 Å². The molecule has 2 rings (SSSR count). The van der Waals surface area contributed by atoms with Crippen LogP contribution in [0.3, 0.4) is 0 Å². The Morgan fingerprint density at radius 1 is 1.41 bits per heavy atom. The monoisotopic (exact) mass is 346 g/mol. The highest BCUT2D eigenvalue weighted by atomic mass is 127. The first kappa shape index (κ1) is 14.2. The normalized spacial score (nSPS) is 18.0. The first-order valence-corrected chi connectivity index (χ1v) is 5.63. The van der Waals surface area contributed by atoms with Crippen LogP contribution >= 0.6 is 24.0 Å². The SMILES string of the molecule is CC1CN=C(N(N)CCc2ccccc2)N1.I. The third-order valence-corrected chi connectivity index (χ3v) is 2.65. The van der Waals surface area contributed by atoms with Crippen LogP contribution in [-0.2, 0) is 6.42 Å². The van der Waals surface area contributed by atoms with Crippen molar-refractivity contribution in [3.05, 3.63) is 35.9 Å². The molecule has 0 radical (unpaired) electrons. The van der Waals surface area contributed by atoms with E-state index in [1.54, 1.807) is 5.01 Å². The fraction of sp³-hybridized carbons (Fsp3) is 0.417. The lowest BCUT2D eigenvalue weighted by Gasteiger charge is -2.19. The molecule has 1 aromatic rings. The highest BCUT2D eigenvalue weighted by Gasteiger charge is 2.16. The standard InChI is InChI=1S/C12H18N4.HI/c1-10-9-14-12(15-10)16(13)8-7-11-5-3-2-4-6-11;/h2-6,10H,7-9,13H2,1H3,(H,14,15);1H. The number of nitrogens with two attached hydrogens (primary N) is 1. The largest absolute Gasteiger partial charge is 0.351 e. The van der Waals surface area contributed by atoms with Crippen molar-refractivity contribution in [2.45, 2.75) is 19.4 Å². The maximum Gasteiger partial charge on any atom is 0.208 e. The molecule has 0 spiro atoms. The maximum absolute atomic E-state index is 5.93. The van der Waals surface area contributed by atoms with Gasteiger partial charge >= 0.3 is 0 Å². The van der Waals surface area contributed by atoms with E-state index in [9.17, 15) is 0 Å². The summed E-state index contributed by atoms with van der Waals surface area (Å²) in [7, 11) is 0. The molecular weight excluding hydrogens is 327 g/mol. The fourth-order valence-electron chi connectivity index (χ4n) is 1.71. The Morgan fingerprint density at radius 2 is 2.12 bits per heavy atom. The molecule has 0 saturated carbocycles. The van der Waals surface area contributed by atoms with Gasteiger partial charge in [0.05, 0.1) is 6.54 Å². The zero-order valence-corrected chi connectivity index (χ0v) is 12.3. The van der Waals surface area contributed by atoms with Gasteiger partial charge in [-0.15, -0.1) is 24.0 Å². The lowest BCUT2D eigenvalue weighted by Crippen LogP contribution is -2.46. The minimum Gasteiger partial charge on any atom is -0.351 e. The number of aliphatic imine (C=N–C) groups is 1. The molecule has 1 aliphatic rings. The van der Waals surface area contributed by atoms with Crippen LogP contribution in [0.25, 0.3) is 0 Å². The summed E-state index contributed by atoms with van der Waals surface area (Å²) < 4.78 is 0. The van der Waals surface area contributed by atoms with Gasteiger partial charge in [0.15, 0.2) is 0 Å². The molecule has 17 heavy (non-hydrogen) atoms. The molecule has 0 fully saturated rings. The molecule has 0 aromatic heterocycles. The highest BCUT2D eigenvalue weighted by molar-refractivity contribution is 14.0. The van der Waals surface area contributed by atoms with Gasteiger partial charge in [-0.25, -0.2) is 10.8 Å². The molecule has 0 aliphatic carbocycles. The van der Waals surface area contributed by atoms with Gasteiger partial charge in [0.2, 0.25) is 5.96 Å². The molecule has 0 bridgehead atoms. The molecule has 1 aliphatic heterocycles. The molecule has 3 N–H and O–H groups in total. The smallest absolute Gasteiger partial charge is 0.208 e. The zero-order valence-electron chi connectivity index (χ0n) is 9.97. The first-order valence-electron chi connectivity index (χ1n) is 5.63. The Hall–Kier alpha value is -0.820. The molecule has 1 unspecified atom stereocenters. The predicted octanol–water partition coefficient (Wildman–Crippen LogP) is 1.37. The van der Waals surface area contributed by atoms with Gasteiger partial charge in [-0.2, -0.15) is 0 Å². The lowest BCUT2D eigenvalue weighted by molar-refractivity contribution is 0.429. The van der Waals surface area contributed by atoms with Crippen molar-refractivity contribution in [3.63, 3.8) is 0 Å². The number of halogens is 1. The number of hydrogen-bond donors (Lipinski definition) is 2. The zero-order chi connectivity index (χ0) is 11.4. The molecule has 4 nitrogen and oxygen atoms in total. The number of nitrogens with zero attached hydrogens (tertiary/aromatic N) is 2. The Morgan fingerprint density at radius 3 is 2.71 bits per heavy atom. The molecule has 94 valence electrons. The maximum atomic E-state index is 5.93. The van der Waals surface area contributed by atoms with Crippen molar-refractivity contribution in [2.24, 2.45) is 10.8 Å². The average Bonchev–Trinajstić information content (AvgIpc) is 2.74. The minimum absolute atomic E-state index is 0. The van der Waals surface area contributed by atoms with E-state index in [-0.39, 0.29) is 24.0 Å². The second-order valence-corrected chi connectivity index (χ2v) is 4.14. The Balaban J connectivity index is 0.00000144. The van der Waals surface area contributed by atoms with Crippen LogP contribution in [0.4, 0.5) is 0 Å². The van der Waals surface area contributed by atoms with E-state index in [1.807, 2.05) is 18.2 Å². The summed E-state index contributed by atoms with van der Waals surface area (Å²) in [6.07, 6.45) is 0.937. The van der Waals surface area contributed by atoms with E-state index in [1.165, 1.54) is 5.56 Å². The van der Waals surface area contributed by atoms with Gasteiger partial charge in [-0.05, 0) is 18.9 Å². The number of hydrazine groups is 1. The lowest BCUT2D eigenvalue weighted by atomic mass is 10.1. The first-order chi connectivity index (χ1) is 7.75. The van der Waals surface area contributed by atoms with E-state index in [0.29, 0.717) is 6.04 Å². The van der Waals surface area contributed by atoms with E-state index in [0.717, 1.165) is 25.5 Å². The molecule has 1 atom stereocenters. The Labute approximate surface area is 119 Å². The fourth-order valence-corrected chi connectivity index (χ4v) is 1.71. The van der Waals surface area contributed by atoms with Crippen molar-refractivity contribution >= 4 is 29.9 Å². The molecule has 1 aromatic carbocycles. The summed E-state index contributed by atoms with van der Waals surface area (Å²) in [4.78, 5) is 4.34. The number of benzene rings is 1. The number of hydrogen-bond acceptors (Lipinski definition) is 4. The summed E-state index contributed by atoms with van der Waals surface area (Å²) >= 11 is 0. The topological polar surface area (TPSA) is 53.6 Å². The second-order valence-electron chi connectivity index (χ2n) is 4.14. The van der Waals surface area contributed by atoms with Gasteiger partial charge < -0.3 is 5.32 Å². The summed E-state index contributed by atoms with van der Waals surface area (Å²) in [5.41, 5.74) is 1.30. The van der Waals surface area contributed by atoms with E-state index in [2.05, 4.69) is 29.4 Å². The van der Waals surface area contributed by atoms with Gasteiger partial charge in [-0.1, -0.05) is 30.3 Å². The van der Waals surface area contributed by atoms with Crippen LogP contribution in [0.5, 0.6) is 0 Å². The number of guanidine groups is 1. The van der Waals surface area contributed by atoms with Crippen molar-refractivity contribution in [1.82, 2.24) is 10.3 Å². The third kappa shape index (κ3) is 4.16. The molecule has 0 amide bonds. The van der Waals surface area contributed by atoms with Crippen LogP contribution in [-0.4, -0.2) is 30.1 Å². The number of rotatable bonds is 3. The van der Waals surface area contributed by atoms with E-state index >= 15 is 0 Å². The predicted molar refractivity (Wildman–Crippen MR) is 81.4 cm³/mol. The molecule has 5 heteroatoms. The highest BCUT2D eigenvalue weighted by Crippen LogP contribution is 2.02.